The molecule has 0 aliphatic heterocycles. The third-order valence-corrected chi connectivity index (χ3v) is 5.65. The van der Waals surface area contributed by atoms with Crippen molar-refractivity contribution in [2.24, 2.45) is 0 Å². The van der Waals surface area contributed by atoms with Crippen molar-refractivity contribution in [2.75, 3.05) is 11.4 Å². The van der Waals surface area contributed by atoms with Gasteiger partial charge in [0.15, 0.2) is 0 Å². The second kappa shape index (κ2) is 11.9. The minimum Gasteiger partial charge on any atom is -0.489 e. The van der Waals surface area contributed by atoms with Crippen LogP contribution in [0.4, 0.5) is 10.5 Å². The summed E-state index contributed by atoms with van der Waals surface area (Å²) >= 11 is 12.4. The van der Waals surface area contributed by atoms with Crippen LogP contribution in [0.5, 0.6) is 5.75 Å². The number of nitrogens with zero attached hydrogens (tertiary/aromatic N) is 1. The maximum atomic E-state index is 12.8. The van der Waals surface area contributed by atoms with Crippen molar-refractivity contribution >= 4 is 35.0 Å². The van der Waals surface area contributed by atoms with E-state index in [1.807, 2.05) is 30.3 Å². The zero-order valence-corrected chi connectivity index (χ0v) is 19.5. The number of anilines is 1. The molecule has 3 aromatic rings. The van der Waals surface area contributed by atoms with E-state index in [-0.39, 0.29) is 19.8 Å². The number of rotatable bonds is 9. The highest BCUT2D eigenvalue weighted by molar-refractivity contribution is 6.35. The first kappa shape index (κ1) is 24.9. The van der Waals surface area contributed by atoms with E-state index in [1.165, 1.54) is 11.8 Å². The summed E-state index contributed by atoms with van der Waals surface area (Å²) in [7, 11) is 0. The van der Waals surface area contributed by atoms with Crippen molar-refractivity contribution in [2.45, 2.75) is 32.3 Å². The summed E-state index contributed by atoms with van der Waals surface area (Å²) in [5.74, 6) is 0.545. The summed E-state index contributed by atoms with van der Waals surface area (Å²) in [6.45, 7) is 1.58. The van der Waals surface area contributed by atoms with Crippen molar-refractivity contribution in [3.8, 4) is 5.75 Å². The van der Waals surface area contributed by atoms with E-state index in [9.17, 15) is 15.0 Å². The smallest absolute Gasteiger partial charge is 0.414 e. The van der Waals surface area contributed by atoms with Gasteiger partial charge in [0, 0.05) is 21.3 Å². The van der Waals surface area contributed by atoms with E-state index >= 15 is 0 Å². The molecule has 8 heteroatoms. The van der Waals surface area contributed by atoms with Gasteiger partial charge in [0.05, 0.1) is 18.8 Å². The number of aliphatic hydroxyl groups is 2. The Hall–Kier alpha value is -2.77. The van der Waals surface area contributed by atoms with Crippen molar-refractivity contribution in [1.29, 1.82) is 0 Å². The maximum Gasteiger partial charge on any atom is 0.414 e. The Morgan fingerprint density at radius 2 is 1.55 bits per heavy atom. The Labute approximate surface area is 202 Å². The summed E-state index contributed by atoms with van der Waals surface area (Å²) < 4.78 is 11.2. The summed E-state index contributed by atoms with van der Waals surface area (Å²) in [4.78, 5) is 14.1. The Bertz CT molecular complexity index is 1020. The highest BCUT2D eigenvalue weighted by atomic mass is 35.5. The predicted molar refractivity (Wildman–Crippen MR) is 129 cm³/mol. The Balaban J connectivity index is 1.70. The average molecular weight is 490 g/mol. The van der Waals surface area contributed by atoms with Crippen LogP contribution in [-0.4, -0.2) is 35.1 Å². The van der Waals surface area contributed by atoms with Crippen LogP contribution in [0.1, 0.15) is 18.1 Å². The van der Waals surface area contributed by atoms with Gasteiger partial charge < -0.3 is 19.7 Å². The van der Waals surface area contributed by atoms with Gasteiger partial charge >= 0.3 is 6.09 Å². The van der Waals surface area contributed by atoms with Crippen LogP contribution < -0.4 is 9.64 Å². The van der Waals surface area contributed by atoms with E-state index in [0.29, 0.717) is 27.0 Å². The molecule has 1 amide bonds. The lowest BCUT2D eigenvalue weighted by molar-refractivity contribution is 0.0353. The van der Waals surface area contributed by atoms with Gasteiger partial charge in [-0.1, -0.05) is 59.6 Å². The molecule has 0 aliphatic rings. The van der Waals surface area contributed by atoms with Crippen LogP contribution in [0.3, 0.4) is 0 Å². The maximum absolute atomic E-state index is 12.8. The van der Waals surface area contributed by atoms with E-state index in [0.717, 1.165) is 5.56 Å². The van der Waals surface area contributed by atoms with E-state index in [1.54, 1.807) is 42.5 Å². The molecule has 3 rings (SSSR count). The molecule has 33 heavy (non-hydrogen) atoms. The summed E-state index contributed by atoms with van der Waals surface area (Å²) in [6, 6.07) is 21.2. The molecule has 0 heterocycles. The first-order chi connectivity index (χ1) is 15.8. The van der Waals surface area contributed by atoms with Crippen LogP contribution in [-0.2, 0) is 18.0 Å². The predicted octanol–water partition coefficient (Wildman–Crippen LogP) is 5.46. The topological polar surface area (TPSA) is 79.2 Å². The van der Waals surface area contributed by atoms with Gasteiger partial charge in [-0.3, -0.25) is 4.90 Å². The molecule has 0 fully saturated rings. The standard InChI is InChI=1S/C25H25Cl2NO5/c1-17(29)24(30)14-28(25(31)33-15-18-6-3-2-4-7-18)19-10-12-20(13-11-19)32-16-21-22(26)8-5-9-23(21)27/h2-13,17,24,29-30H,14-16H2,1H3. The molecular weight excluding hydrogens is 465 g/mol. The number of amides is 1. The highest BCUT2D eigenvalue weighted by Gasteiger charge is 2.23. The molecule has 0 bridgehead atoms. The molecule has 3 aromatic carbocycles. The molecular formula is C25H25Cl2NO5. The number of hydrogen-bond donors (Lipinski definition) is 2. The van der Waals surface area contributed by atoms with Crippen molar-refractivity contribution in [3.05, 3.63) is 94.0 Å². The lowest BCUT2D eigenvalue weighted by Gasteiger charge is -2.26. The molecule has 0 spiro atoms. The van der Waals surface area contributed by atoms with Crippen LogP contribution in [0, 0.1) is 0 Å². The van der Waals surface area contributed by atoms with Gasteiger partial charge in [-0.2, -0.15) is 0 Å². The van der Waals surface area contributed by atoms with E-state index in [2.05, 4.69) is 0 Å². The Kier molecular flexibility index (Phi) is 8.97. The molecule has 0 radical (unpaired) electrons. The van der Waals surface area contributed by atoms with Crippen molar-refractivity contribution < 1.29 is 24.5 Å². The number of hydrogen-bond acceptors (Lipinski definition) is 5. The van der Waals surface area contributed by atoms with Gasteiger partial charge in [0.1, 0.15) is 19.0 Å². The largest absolute Gasteiger partial charge is 0.489 e. The van der Waals surface area contributed by atoms with Crippen molar-refractivity contribution in [3.63, 3.8) is 0 Å². The summed E-state index contributed by atoms with van der Waals surface area (Å²) in [5, 5.41) is 20.9. The summed E-state index contributed by atoms with van der Waals surface area (Å²) in [5.41, 5.74) is 2.00. The van der Waals surface area contributed by atoms with Gasteiger partial charge in [0.2, 0.25) is 0 Å². The molecule has 0 saturated heterocycles. The second-order valence-electron chi connectivity index (χ2n) is 7.44. The fraction of sp³-hybridized carbons (Fsp3) is 0.240. The van der Waals surface area contributed by atoms with Crippen molar-refractivity contribution in [1.82, 2.24) is 0 Å². The van der Waals surface area contributed by atoms with Crippen LogP contribution in [0.15, 0.2) is 72.8 Å². The fourth-order valence-electron chi connectivity index (χ4n) is 2.97. The lowest BCUT2D eigenvalue weighted by Crippen LogP contribution is -2.41. The number of aliphatic hydroxyl groups excluding tert-OH is 2. The average Bonchev–Trinajstić information content (AvgIpc) is 2.81. The fourth-order valence-corrected chi connectivity index (χ4v) is 3.48. The lowest BCUT2D eigenvalue weighted by atomic mass is 10.2. The molecule has 174 valence electrons. The van der Waals surface area contributed by atoms with Crippen LogP contribution in [0.2, 0.25) is 10.0 Å². The molecule has 2 atom stereocenters. The monoisotopic (exact) mass is 489 g/mol. The van der Waals surface area contributed by atoms with E-state index < -0.39 is 18.3 Å². The highest BCUT2D eigenvalue weighted by Crippen LogP contribution is 2.27. The van der Waals surface area contributed by atoms with E-state index in [4.69, 9.17) is 32.7 Å². The minimum absolute atomic E-state index is 0.0841. The number of ether oxygens (including phenoxy) is 2. The first-order valence-corrected chi connectivity index (χ1v) is 11.1. The third kappa shape index (κ3) is 7.11. The number of carbonyl (C=O) groups is 1. The van der Waals surface area contributed by atoms with Crippen LogP contribution in [0.25, 0.3) is 0 Å². The number of halogens is 2. The van der Waals surface area contributed by atoms with Crippen LogP contribution >= 0.6 is 23.2 Å². The summed E-state index contributed by atoms with van der Waals surface area (Å²) in [6.07, 6.45) is -2.81. The molecule has 6 nitrogen and oxygen atoms in total. The van der Waals surface area contributed by atoms with Gasteiger partial charge in [-0.25, -0.2) is 4.79 Å². The zero-order chi connectivity index (χ0) is 23.8. The Morgan fingerprint density at radius 1 is 0.909 bits per heavy atom. The Morgan fingerprint density at radius 3 is 2.15 bits per heavy atom. The van der Waals surface area contributed by atoms with Gasteiger partial charge in [-0.15, -0.1) is 0 Å². The molecule has 0 saturated carbocycles. The van der Waals surface area contributed by atoms with Gasteiger partial charge in [-0.05, 0) is 48.9 Å². The number of benzene rings is 3. The number of carbonyl (C=O) groups excluding carboxylic acids is 1. The van der Waals surface area contributed by atoms with Gasteiger partial charge in [0.25, 0.3) is 0 Å². The zero-order valence-electron chi connectivity index (χ0n) is 18.0. The normalized spacial score (nSPS) is 12.6. The molecule has 0 aromatic heterocycles. The SMILES string of the molecule is CC(O)C(O)CN(C(=O)OCc1ccccc1)c1ccc(OCc2c(Cl)cccc2Cl)cc1. The quantitative estimate of drug-likeness (QED) is 0.417. The molecule has 2 unspecified atom stereocenters. The second-order valence-corrected chi connectivity index (χ2v) is 8.26. The third-order valence-electron chi connectivity index (χ3n) is 4.95. The molecule has 2 N–H and O–H groups in total. The minimum atomic E-state index is -1.15. The molecule has 0 aliphatic carbocycles. The first-order valence-electron chi connectivity index (χ1n) is 10.3.